The van der Waals surface area contributed by atoms with E-state index in [2.05, 4.69) is 5.10 Å². The molecule has 1 aromatic heterocycles. The van der Waals surface area contributed by atoms with Gasteiger partial charge >= 0.3 is 11.9 Å². The van der Waals surface area contributed by atoms with Crippen molar-refractivity contribution >= 4 is 11.9 Å². The number of aromatic nitrogens is 2. The summed E-state index contributed by atoms with van der Waals surface area (Å²) in [6, 6.07) is 1.81. The van der Waals surface area contributed by atoms with Gasteiger partial charge in [-0.3, -0.25) is 14.3 Å². The average molecular weight is 308 g/mol. The molecule has 0 aromatic carbocycles. The summed E-state index contributed by atoms with van der Waals surface area (Å²) < 4.78 is 12.1. The number of carbonyl (C=O) groups excluding carboxylic acids is 2. The minimum atomic E-state index is -0.965. The summed E-state index contributed by atoms with van der Waals surface area (Å²) in [6.45, 7) is 3.96. The van der Waals surface area contributed by atoms with Crippen LogP contribution in [0.1, 0.15) is 46.0 Å². The van der Waals surface area contributed by atoms with E-state index in [1.54, 1.807) is 24.7 Å². The van der Waals surface area contributed by atoms with Gasteiger partial charge in [0.05, 0.1) is 18.8 Å². The number of nitrogens with zero attached hydrogens (tertiary/aromatic N) is 2. The average Bonchev–Trinajstić information content (AvgIpc) is 3.04. The van der Waals surface area contributed by atoms with Crippen LogP contribution in [0.4, 0.5) is 0 Å². The fourth-order valence-corrected chi connectivity index (χ4v) is 3.33. The summed E-state index contributed by atoms with van der Waals surface area (Å²) in [5.41, 5.74) is -0.680. The lowest BCUT2D eigenvalue weighted by molar-refractivity contribution is -0.169. The van der Waals surface area contributed by atoms with Crippen LogP contribution < -0.4 is 0 Å². The van der Waals surface area contributed by atoms with E-state index in [0.717, 1.165) is 32.1 Å². The first-order valence-electron chi connectivity index (χ1n) is 7.99. The topological polar surface area (TPSA) is 70.4 Å². The van der Waals surface area contributed by atoms with E-state index in [0.29, 0.717) is 0 Å². The normalized spacial score (nSPS) is 17.2. The van der Waals surface area contributed by atoms with Crippen LogP contribution in [0.2, 0.25) is 0 Å². The van der Waals surface area contributed by atoms with E-state index in [4.69, 9.17) is 9.47 Å². The minimum absolute atomic E-state index is 0.240. The SMILES string of the molecule is CCOC(=O)C(C(=O)OCC)C1(n2cccn2)CCCCC1. The van der Waals surface area contributed by atoms with E-state index in [1.807, 2.05) is 12.3 Å². The molecule has 2 rings (SSSR count). The van der Waals surface area contributed by atoms with Gasteiger partial charge in [-0.05, 0) is 32.8 Å². The summed E-state index contributed by atoms with van der Waals surface area (Å²) in [4.78, 5) is 25.0. The molecule has 122 valence electrons. The number of ether oxygens (including phenoxy) is 2. The van der Waals surface area contributed by atoms with Gasteiger partial charge in [0, 0.05) is 12.4 Å². The van der Waals surface area contributed by atoms with Crippen LogP contribution in [0.25, 0.3) is 0 Å². The molecule has 6 nitrogen and oxygen atoms in total. The Morgan fingerprint density at radius 1 is 1.14 bits per heavy atom. The van der Waals surface area contributed by atoms with Crippen LogP contribution in [-0.2, 0) is 24.6 Å². The van der Waals surface area contributed by atoms with Crippen molar-refractivity contribution < 1.29 is 19.1 Å². The van der Waals surface area contributed by atoms with Gasteiger partial charge in [-0.1, -0.05) is 19.3 Å². The molecule has 1 aliphatic carbocycles. The number of carbonyl (C=O) groups is 2. The van der Waals surface area contributed by atoms with Crippen molar-refractivity contribution in [2.24, 2.45) is 5.92 Å². The Morgan fingerprint density at radius 3 is 2.18 bits per heavy atom. The summed E-state index contributed by atoms with van der Waals surface area (Å²) >= 11 is 0. The Balaban J connectivity index is 2.43. The first kappa shape index (κ1) is 16.5. The standard InChI is InChI=1S/C16H24N2O4/c1-3-21-14(19)13(15(20)22-4-2)16(9-6-5-7-10-16)18-12-8-11-17-18/h8,11-13H,3-7,9-10H2,1-2H3. The van der Waals surface area contributed by atoms with Gasteiger partial charge in [0.1, 0.15) is 0 Å². The van der Waals surface area contributed by atoms with Crippen LogP contribution >= 0.6 is 0 Å². The molecule has 1 aliphatic rings. The van der Waals surface area contributed by atoms with Crippen molar-refractivity contribution in [3.05, 3.63) is 18.5 Å². The van der Waals surface area contributed by atoms with Crippen LogP contribution in [0, 0.1) is 5.92 Å². The fraction of sp³-hybridized carbons (Fsp3) is 0.688. The molecule has 6 heteroatoms. The smallest absolute Gasteiger partial charge is 0.322 e. The Morgan fingerprint density at radius 2 is 1.73 bits per heavy atom. The molecule has 22 heavy (non-hydrogen) atoms. The number of esters is 2. The highest BCUT2D eigenvalue weighted by Crippen LogP contribution is 2.42. The lowest BCUT2D eigenvalue weighted by atomic mass is 9.72. The zero-order valence-corrected chi connectivity index (χ0v) is 13.3. The third-order valence-electron chi connectivity index (χ3n) is 4.26. The second-order valence-corrected chi connectivity index (χ2v) is 5.55. The molecule has 0 radical (unpaired) electrons. The van der Waals surface area contributed by atoms with Gasteiger partial charge in [0.15, 0.2) is 5.92 Å². The third kappa shape index (κ3) is 3.15. The maximum absolute atomic E-state index is 12.5. The van der Waals surface area contributed by atoms with E-state index >= 15 is 0 Å². The van der Waals surface area contributed by atoms with Crippen LogP contribution in [-0.4, -0.2) is 34.9 Å². The van der Waals surface area contributed by atoms with E-state index < -0.39 is 23.4 Å². The van der Waals surface area contributed by atoms with Crippen molar-refractivity contribution in [1.29, 1.82) is 0 Å². The first-order chi connectivity index (χ1) is 10.7. The predicted molar refractivity (Wildman–Crippen MR) is 80.0 cm³/mol. The zero-order chi connectivity index (χ0) is 16.0. The summed E-state index contributed by atoms with van der Waals surface area (Å²) in [5.74, 6) is -2.00. The maximum Gasteiger partial charge on any atom is 0.322 e. The van der Waals surface area contributed by atoms with E-state index in [1.165, 1.54) is 0 Å². The molecule has 0 amide bonds. The highest BCUT2D eigenvalue weighted by molar-refractivity contribution is 5.96. The second kappa shape index (κ2) is 7.42. The molecule has 0 spiro atoms. The van der Waals surface area contributed by atoms with Gasteiger partial charge in [-0.2, -0.15) is 5.10 Å². The van der Waals surface area contributed by atoms with Gasteiger partial charge < -0.3 is 9.47 Å². The monoisotopic (exact) mass is 308 g/mol. The summed E-state index contributed by atoms with van der Waals surface area (Å²) in [6.07, 6.45) is 7.93. The quantitative estimate of drug-likeness (QED) is 0.595. The maximum atomic E-state index is 12.5. The van der Waals surface area contributed by atoms with Gasteiger partial charge in [-0.25, -0.2) is 0 Å². The van der Waals surface area contributed by atoms with Gasteiger partial charge in [0.2, 0.25) is 0 Å². The van der Waals surface area contributed by atoms with Crippen LogP contribution in [0.15, 0.2) is 18.5 Å². The Hall–Kier alpha value is -1.85. The molecular weight excluding hydrogens is 284 g/mol. The Bertz CT molecular complexity index is 474. The van der Waals surface area contributed by atoms with Gasteiger partial charge in [0.25, 0.3) is 0 Å². The highest BCUT2D eigenvalue weighted by atomic mass is 16.6. The summed E-state index contributed by atoms with van der Waals surface area (Å²) in [5, 5.41) is 4.32. The molecular formula is C16H24N2O4. The first-order valence-corrected chi connectivity index (χ1v) is 7.99. The second-order valence-electron chi connectivity index (χ2n) is 5.55. The molecule has 0 unspecified atom stereocenters. The molecule has 0 aliphatic heterocycles. The zero-order valence-electron chi connectivity index (χ0n) is 13.3. The molecule has 0 bridgehead atoms. The largest absolute Gasteiger partial charge is 0.465 e. The molecule has 1 saturated carbocycles. The molecule has 0 atom stereocenters. The van der Waals surface area contributed by atoms with Crippen molar-refractivity contribution in [3.63, 3.8) is 0 Å². The lowest BCUT2D eigenvalue weighted by Gasteiger charge is -2.41. The Kier molecular flexibility index (Phi) is 5.57. The number of rotatable bonds is 6. The van der Waals surface area contributed by atoms with Crippen molar-refractivity contribution in [2.75, 3.05) is 13.2 Å². The highest BCUT2D eigenvalue weighted by Gasteiger charge is 2.51. The number of hydrogen-bond donors (Lipinski definition) is 0. The molecule has 1 aromatic rings. The third-order valence-corrected chi connectivity index (χ3v) is 4.26. The van der Waals surface area contributed by atoms with Crippen LogP contribution in [0.5, 0.6) is 0 Å². The Labute approximate surface area is 130 Å². The van der Waals surface area contributed by atoms with Crippen molar-refractivity contribution in [2.45, 2.75) is 51.5 Å². The van der Waals surface area contributed by atoms with Crippen molar-refractivity contribution in [3.8, 4) is 0 Å². The molecule has 1 heterocycles. The molecule has 1 fully saturated rings. The minimum Gasteiger partial charge on any atom is -0.465 e. The predicted octanol–water partition coefficient (Wildman–Crippen LogP) is 2.28. The summed E-state index contributed by atoms with van der Waals surface area (Å²) in [7, 11) is 0. The fourth-order valence-electron chi connectivity index (χ4n) is 3.33. The van der Waals surface area contributed by atoms with Gasteiger partial charge in [-0.15, -0.1) is 0 Å². The van der Waals surface area contributed by atoms with Crippen molar-refractivity contribution in [1.82, 2.24) is 9.78 Å². The molecule has 0 saturated heterocycles. The van der Waals surface area contributed by atoms with E-state index in [9.17, 15) is 9.59 Å². The van der Waals surface area contributed by atoms with Crippen LogP contribution in [0.3, 0.4) is 0 Å². The molecule has 0 N–H and O–H groups in total. The lowest BCUT2D eigenvalue weighted by Crippen LogP contribution is -2.51. The van der Waals surface area contributed by atoms with E-state index in [-0.39, 0.29) is 13.2 Å². The number of hydrogen-bond acceptors (Lipinski definition) is 5.